The Labute approximate surface area is 99.5 Å². The number of hydrogen-bond donors (Lipinski definition) is 1. The summed E-state index contributed by atoms with van der Waals surface area (Å²) in [6, 6.07) is 2.03. The summed E-state index contributed by atoms with van der Waals surface area (Å²) in [5, 5.41) is 0. The van der Waals surface area contributed by atoms with Gasteiger partial charge in [-0.3, -0.25) is 0 Å². The summed E-state index contributed by atoms with van der Waals surface area (Å²) >= 11 is 4.88. The fourth-order valence-corrected chi connectivity index (χ4v) is 1.81. The van der Waals surface area contributed by atoms with Crippen molar-refractivity contribution < 1.29 is 0 Å². The van der Waals surface area contributed by atoms with Crippen LogP contribution in [0.5, 0.6) is 0 Å². The van der Waals surface area contributed by atoms with Crippen molar-refractivity contribution in [2.45, 2.75) is 26.8 Å². The van der Waals surface area contributed by atoms with Gasteiger partial charge in [0.15, 0.2) is 5.65 Å². The van der Waals surface area contributed by atoms with Crippen molar-refractivity contribution >= 4 is 28.4 Å². The molecule has 2 heterocycles. The summed E-state index contributed by atoms with van der Waals surface area (Å²) in [6.45, 7) is 4.72. The van der Waals surface area contributed by atoms with Crippen molar-refractivity contribution in [2.75, 3.05) is 0 Å². The van der Waals surface area contributed by atoms with Crippen molar-refractivity contribution in [3.8, 4) is 0 Å². The SMILES string of the molecule is Cc1cnc2c(c1)nc(C)n2CCC(N)=S. The molecule has 5 heteroatoms. The lowest BCUT2D eigenvalue weighted by atomic mass is 10.3. The molecule has 0 radical (unpaired) electrons. The third-order valence-electron chi connectivity index (χ3n) is 2.49. The molecule has 0 saturated heterocycles. The van der Waals surface area contributed by atoms with E-state index in [0.717, 1.165) is 29.1 Å². The largest absolute Gasteiger partial charge is 0.393 e. The number of nitrogens with zero attached hydrogens (tertiary/aromatic N) is 3. The second-order valence-electron chi connectivity index (χ2n) is 3.88. The molecule has 84 valence electrons. The molecule has 2 aromatic rings. The van der Waals surface area contributed by atoms with Gasteiger partial charge < -0.3 is 10.3 Å². The van der Waals surface area contributed by atoms with Gasteiger partial charge >= 0.3 is 0 Å². The van der Waals surface area contributed by atoms with E-state index in [1.807, 2.05) is 30.7 Å². The number of aromatic nitrogens is 3. The molecule has 0 fully saturated rings. The van der Waals surface area contributed by atoms with E-state index in [2.05, 4.69) is 9.97 Å². The Hall–Kier alpha value is -1.49. The van der Waals surface area contributed by atoms with Crippen LogP contribution in [0.25, 0.3) is 11.2 Å². The highest BCUT2D eigenvalue weighted by Crippen LogP contribution is 2.15. The number of thiocarbonyl (C=S) groups is 1. The molecular weight excluding hydrogens is 220 g/mol. The van der Waals surface area contributed by atoms with Gasteiger partial charge in [-0.2, -0.15) is 0 Å². The van der Waals surface area contributed by atoms with E-state index < -0.39 is 0 Å². The van der Waals surface area contributed by atoms with Gasteiger partial charge in [-0.1, -0.05) is 12.2 Å². The molecule has 0 aliphatic heterocycles. The molecule has 0 aliphatic rings. The van der Waals surface area contributed by atoms with Crippen LogP contribution in [0.2, 0.25) is 0 Å². The number of nitrogens with two attached hydrogens (primary N) is 1. The zero-order valence-electron chi connectivity index (χ0n) is 9.40. The monoisotopic (exact) mass is 234 g/mol. The molecule has 4 nitrogen and oxygen atoms in total. The number of aryl methyl sites for hydroxylation is 3. The minimum atomic E-state index is 0.522. The molecule has 2 aromatic heterocycles. The Bertz CT molecular complexity index is 544. The molecule has 0 atom stereocenters. The van der Waals surface area contributed by atoms with E-state index in [0.29, 0.717) is 11.4 Å². The standard InChI is InChI=1S/C11H14N4S/c1-7-5-9-11(13-6-7)15(8(2)14-9)4-3-10(12)16/h5-6H,3-4H2,1-2H3,(H2,12,16). The second kappa shape index (κ2) is 4.17. The van der Waals surface area contributed by atoms with Gasteiger partial charge in [0.1, 0.15) is 11.3 Å². The summed E-state index contributed by atoms with van der Waals surface area (Å²) in [4.78, 5) is 9.39. The third kappa shape index (κ3) is 2.04. The van der Waals surface area contributed by atoms with Gasteiger partial charge in [0, 0.05) is 19.2 Å². The molecule has 16 heavy (non-hydrogen) atoms. The molecule has 0 amide bonds. The average molecular weight is 234 g/mol. The lowest BCUT2D eigenvalue weighted by molar-refractivity contribution is 0.714. The number of imidazole rings is 1. The topological polar surface area (TPSA) is 56.7 Å². The van der Waals surface area contributed by atoms with Crippen LogP contribution in [-0.4, -0.2) is 19.5 Å². The Balaban J connectivity index is 2.43. The van der Waals surface area contributed by atoms with Gasteiger partial charge in [-0.15, -0.1) is 0 Å². The molecular formula is C11H14N4S. The molecule has 0 saturated carbocycles. The maximum atomic E-state index is 5.50. The summed E-state index contributed by atoms with van der Waals surface area (Å²) in [5.74, 6) is 0.948. The van der Waals surface area contributed by atoms with Crippen LogP contribution >= 0.6 is 12.2 Å². The molecule has 0 aromatic carbocycles. The molecule has 0 bridgehead atoms. The first-order chi connectivity index (χ1) is 7.58. The smallest absolute Gasteiger partial charge is 0.160 e. The number of rotatable bonds is 3. The lowest BCUT2D eigenvalue weighted by Gasteiger charge is -2.04. The van der Waals surface area contributed by atoms with Crippen molar-refractivity contribution in [1.82, 2.24) is 14.5 Å². The lowest BCUT2D eigenvalue weighted by Crippen LogP contribution is -2.12. The zero-order valence-corrected chi connectivity index (χ0v) is 10.2. The summed E-state index contributed by atoms with van der Waals surface area (Å²) in [6.07, 6.45) is 2.53. The molecule has 0 spiro atoms. The highest BCUT2D eigenvalue weighted by Gasteiger charge is 2.08. The van der Waals surface area contributed by atoms with Gasteiger partial charge in [0.05, 0.1) is 4.99 Å². The fourth-order valence-electron chi connectivity index (χ4n) is 1.71. The summed E-state index contributed by atoms with van der Waals surface area (Å²) < 4.78 is 2.05. The minimum Gasteiger partial charge on any atom is -0.393 e. The van der Waals surface area contributed by atoms with Crippen LogP contribution in [0.4, 0.5) is 0 Å². The number of pyridine rings is 1. The maximum Gasteiger partial charge on any atom is 0.160 e. The Morgan fingerprint density at radius 1 is 1.50 bits per heavy atom. The Morgan fingerprint density at radius 2 is 2.25 bits per heavy atom. The summed E-state index contributed by atoms with van der Waals surface area (Å²) in [5.41, 5.74) is 8.45. The van der Waals surface area contributed by atoms with Crippen LogP contribution < -0.4 is 5.73 Å². The predicted molar refractivity (Wildman–Crippen MR) is 68.4 cm³/mol. The van der Waals surface area contributed by atoms with Crippen LogP contribution in [-0.2, 0) is 6.54 Å². The van der Waals surface area contributed by atoms with E-state index in [1.54, 1.807) is 0 Å². The third-order valence-corrected chi connectivity index (χ3v) is 2.70. The van der Waals surface area contributed by atoms with E-state index in [9.17, 15) is 0 Å². The van der Waals surface area contributed by atoms with Crippen LogP contribution in [0, 0.1) is 13.8 Å². The van der Waals surface area contributed by atoms with E-state index in [1.165, 1.54) is 0 Å². The number of hydrogen-bond acceptors (Lipinski definition) is 3. The maximum absolute atomic E-state index is 5.50. The fraction of sp³-hybridized carbons (Fsp3) is 0.364. The second-order valence-corrected chi connectivity index (χ2v) is 4.41. The quantitative estimate of drug-likeness (QED) is 0.822. The van der Waals surface area contributed by atoms with Crippen LogP contribution in [0.15, 0.2) is 12.3 Å². The van der Waals surface area contributed by atoms with E-state index in [-0.39, 0.29) is 0 Å². The van der Waals surface area contributed by atoms with Gasteiger partial charge in [-0.05, 0) is 25.5 Å². The van der Waals surface area contributed by atoms with E-state index >= 15 is 0 Å². The molecule has 0 aliphatic carbocycles. The van der Waals surface area contributed by atoms with Crippen LogP contribution in [0.1, 0.15) is 17.8 Å². The first-order valence-corrected chi connectivity index (χ1v) is 5.56. The Morgan fingerprint density at radius 3 is 2.94 bits per heavy atom. The number of fused-ring (bicyclic) bond motifs is 1. The normalized spacial score (nSPS) is 10.9. The predicted octanol–water partition coefficient (Wildman–Crippen LogP) is 1.72. The van der Waals surface area contributed by atoms with E-state index in [4.69, 9.17) is 18.0 Å². The van der Waals surface area contributed by atoms with Crippen molar-refractivity contribution in [2.24, 2.45) is 5.73 Å². The van der Waals surface area contributed by atoms with Crippen molar-refractivity contribution in [3.63, 3.8) is 0 Å². The van der Waals surface area contributed by atoms with Crippen LogP contribution in [0.3, 0.4) is 0 Å². The van der Waals surface area contributed by atoms with Crippen molar-refractivity contribution in [3.05, 3.63) is 23.7 Å². The highest BCUT2D eigenvalue weighted by molar-refractivity contribution is 7.80. The first kappa shape index (κ1) is 11.0. The molecule has 0 unspecified atom stereocenters. The van der Waals surface area contributed by atoms with Crippen molar-refractivity contribution in [1.29, 1.82) is 0 Å². The average Bonchev–Trinajstić information content (AvgIpc) is 2.50. The van der Waals surface area contributed by atoms with Gasteiger partial charge in [-0.25, -0.2) is 9.97 Å². The first-order valence-electron chi connectivity index (χ1n) is 5.15. The minimum absolute atomic E-state index is 0.522. The zero-order chi connectivity index (χ0) is 11.7. The molecule has 2 N–H and O–H groups in total. The Kier molecular flexibility index (Phi) is 2.87. The highest BCUT2D eigenvalue weighted by atomic mass is 32.1. The summed E-state index contributed by atoms with van der Waals surface area (Å²) in [7, 11) is 0. The molecule has 2 rings (SSSR count). The van der Waals surface area contributed by atoms with Gasteiger partial charge in [0.2, 0.25) is 0 Å². The van der Waals surface area contributed by atoms with Gasteiger partial charge in [0.25, 0.3) is 0 Å².